The zero-order valence-electron chi connectivity index (χ0n) is 17.5. The van der Waals surface area contributed by atoms with Gasteiger partial charge in [0.25, 0.3) is 5.91 Å². The number of nitrogens with one attached hydrogen (secondary N) is 2. The maximum Gasteiger partial charge on any atom is 0.344 e. The molecule has 2 aromatic carbocycles. The SMILES string of the molecule is CCC1(c2ccccc2)NC(=O)N(NC(=O)CSc2nnnn2-c2ccccc2C)C1=O. The van der Waals surface area contributed by atoms with Crippen molar-refractivity contribution >= 4 is 29.6 Å². The number of hydrogen-bond donors (Lipinski definition) is 2. The van der Waals surface area contributed by atoms with Gasteiger partial charge in [0.15, 0.2) is 0 Å². The Balaban J connectivity index is 1.45. The van der Waals surface area contributed by atoms with Crippen molar-refractivity contribution in [3.8, 4) is 5.69 Å². The molecule has 2 heterocycles. The molecule has 1 unspecified atom stereocenters. The molecule has 164 valence electrons. The van der Waals surface area contributed by atoms with Gasteiger partial charge >= 0.3 is 6.03 Å². The fourth-order valence-corrected chi connectivity index (χ4v) is 4.22. The zero-order valence-corrected chi connectivity index (χ0v) is 18.3. The maximum atomic E-state index is 13.1. The number of hydrogen-bond acceptors (Lipinski definition) is 7. The number of benzene rings is 2. The van der Waals surface area contributed by atoms with Crippen molar-refractivity contribution in [1.29, 1.82) is 0 Å². The lowest BCUT2D eigenvalue weighted by Crippen LogP contribution is -2.49. The first kappa shape index (κ1) is 21.5. The average molecular weight is 452 g/mol. The van der Waals surface area contributed by atoms with Crippen LogP contribution in [0.2, 0.25) is 0 Å². The van der Waals surface area contributed by atoms with Crippen molar-refractivity contribution in [3.63, 3.8) is 0 Å². The van der Waals surface area contributed by atoms with Gasteiger partial charge in [0, 0.05) is 0 Å². The Hall–Kier alpha value is -3.73. The summed E-state index contributed by atoms with van der Waals surface area (Å²) in [5.74, 6) is -1.15. The van der Waals surface area contributed by atoms with Crippen LogP contribution in [-0.4, -0.2) is 48.8 Å². The standard InChI is InChI=1S/C21H21N7O3S/c1-3-21(15-10-5-4-6-11-15)18(30)28(19(31)22-21)24-17(29)13-32-20-23-25-26-27(20)16-12-8-7-9-14(16)2/h4-12H,3,13H2,1-2H3,(H,22,31)(H,24,29). The monoisotopic (exact) mass is 451 g/mol. The van der Waals surface area contributed by atoms with Crippen LogP contribution in [0.15, 0.2) is 59.8 Å². The molecule has 3 aromatic rings. The average Bonchev–Trinajstić information content (AvgIpc) is 3.37. The first-order valence-corrected chi connectivity index (χ1v) is 10.9. The summed E-state index contributed by atoms with van der Waals surface area (Å²) < 4.78 is 1.54. The topological polar surface area (TPSA) is 122 Å². The summed E-state index contributed by atoms with van der Waals surface area (Å²) in [5, 5.41) is 15.5. The smallest absolute Gasteiger partial charge is 0.318 e. The van der Waals surface area contributed by atoms with Gasteiger partial charge in [-0.15, -0.1) is 5.10 Å². The van der Waals surface area contributed by atoms with Crippen LogP contribution in [0.25, 0.3) is 5.69 Å². The van der Waals surface area contributed by atoms with E-state index in [2.05, 4.69) is 26.3 Å². The van der Waals surface area contributed by atoms with E-state index < -0.39 is 23.4 Å². The molecule has 0 spiro atoms. The number of hydrazine groups is 1. The molecular weight excluding hydrogens is 430 g/mol. The number of imide groups is 1. The minimum absolute atomic E-state index is 0.0895. The molecule has 4 amide bonds. The first-order valence-electron chi connectivity index (χ1n) is 9.95. The molecule has 0 bridgehead atoms. The van der Waals surface area contributed by atoms with Crippen LogP contribution >= 0.6 is 11.8 Å². The summed E-state index contributed by atoms with van der Waals surface area (Å²) in [5.41, 5.74) is 3.62. The molecule has 4 rings (SSSR count). The predicted octanol–water partition coefficient (Wildman–Crippen LogP) is 1.95. The number of aromatic nitrogens is 4. The highest BCUT2D eigenvalue weighted by molar-refractivity contribution is 7.99. The second-order valence-electron chi connectivity index (χ2n) is 7.18. The summed E-state index contributed by atoms with van der Waals surface area (Å²) >= 11 is 1.10. The fourth-order valence-electron chi connectivity index (χ4n) is 3.55. The summed E-state index contributed by atoms with van der Waals surface area (Å²) in [4.78, 5) is 38.2. The number of carbonyl (C=O) groups excluding carboxylic acids is 3. The number of aryl methyl sites for hydroxylation is 1. The highest BCUT2D eigenvalue weighted by atomic mass is 32.2. The van der Waals surface area contributed by atoms with Gasteiger partial charge in [-0.1, -0.05) is 67.2 Å². The zero-order chi connectivity index (χ0) is 22.7. The van der Waals surface area contributed by atoms with Crippen molar-refractivity contribution in [1.82, 2.24) is 36.0 Å². The fraction of sp³-hybridized carbons (Fsp3) is 0.238. The van der Waals surface area contributed by atoms with Gasteiger partial charge in [-0.05, 0) is 41.0 Å². The molecule has 2 N–H and O–H groups in total. The Bertz CT molecular complexity index is 1170. The van der Waals surface area contributed by atoms with Gasteiger partial charge in [0.1, 0.15) is 5.54 Å². The van der Waals surface area contributed by atoms with Crippen LogP contribution < -0.4 is 10.7 Å². The normalized spacial score (nSPS) is 18.0. The van der Waals surface area contributed by atoms with Crippen molar-refractivity contribution in [2.75, 3.05) is 5.75 Å². The van der Waals surface area contributed by atoms with Crippen molar-refractivity contribution in [3.05, 3.63) is 65.7 Å². The number of thioether (sulfide) groups is 1. The largest absolute Gasteiger partial charge is 0.344 e. The molecule has 0 saturated carbocycles. The van der Waals surface area contributed by atoms with E-state index in [9.17, 15) is 14.4 Å². The van der Waals surface area contributed by atoms with E-state index in [-0.39, 0.29) is 5.75 Å². The van der Waals surface area contributed by atoms with Crippen molar-refractivity contribution in [2.24, 2.45) is 0 Å². The Morgan fingerprint density at radius 3 is 2.56 bits per heavy atom. The number of amides is 4. The molecule has 1 fully saturated rings. The van der Waals surface area contributed by atoms with Crippen LogP contribution in [0.5, 0.6) is 0 Å². The van der Waals surface area contributed by atoms with Crippen LogP contribution in [0.3, 0.4) is 0 Å². The molecule has 11 heteroatoms. The van der Waals surface area contributed by atoms with Crippen LogP contribution in [-0.2, 0) is 15.1 Å². The third-order valence-corrected chi connectivity index (χ3v) is 6.16. The number of nitrogens with zero attached hydrogens (tertiary/aromatic N) is 5. The molecule has 1 aromatic heterocycles. The summed E-state index contributed by atoms with van der Waals surface area (Å²) in [6, 6.07) is 15.9. The Kier molecular flexibility index (Phi) is 5.91. The van der Waals surface area contributed by atoms with E-state index in [1.165, 1.54) is 0 Å². The Morgan fingerprint density at radius 2 is 1.84 bits per heavy atom. The highest BCUT2D eigenvalue weighted by Gasteiger charge is 2.52. The van der Waals surface area contributed by atoms with Gasteiger partial charge in [-0.3, -0.25) is 15.0 Å². The molecule has 10 nitrogen and oxygen atoms in total. The molecular formula is C21H21N7O3S. The van der Waals surface area contributed by atoms with Crippen molar-refractivity contribution < 1.29 is 14.4 Å². The predicted molar refractivity (Wildman–Crippen MR) is 117 cm³/mol. The van der Waals surface area contributed by atoms with Gasteiger partial charge in [0.05, 0.1) is 11.4 Å². The van der Waals surface area contributed by atoms with Gasteiger partial charge in [-0.2, -0.15) is 9.69 Å². The van der Waals surface area contributed by atoms with Crippen LogP contribution in [0, 0.1) is 6.92 Å². The van der Waals surface area contributed by atoms with E-state index in [1.807, 2.05) is 37.3 Å². The number of urea groups is 1. The lowest BCUT2D eigenvalue weighted by Gasteiger charge is -2.25. The van der Waals surface area contributed by atoms with E-state index in [0.717, 1.165) is 28.0 Å². The highest BCUT2D eigenvalue weighted by Crippen LogP contribution is 2.31. The number of carbonyl (C=O) groups is 3. The summed E-state index contributed by atoms with van der Waals surface area (Å²) in [6.07, 6.45) is 0.341. The molecule has 0 radical (unpaired) electrons. The van der Waals surface area contributed by atoms with E-state index >= 15 is 0 Å². The third-order valence-electron chi connectivity index (χ3n) is 5.24. The molecule has 32 heavy (non-hydrogen) atoms. The lowest BCUT2D eigenvalue weighted by atomic mass is 9.87. The van der Waals surface area contributed by atoms with Crippen LogP contribution in [0.1, 0.15) is 24.5 Å². The Labute approximate surface area is 188 Å². The van der Waals surface area contributed by atoms with E-state index in [0.29, 0.717) is 17.1 Å². The number of para-hydroxylation sites is 1. The summed E-state index contributed by atoms with van der Waals surface area (Å²) in [7, 11) is 0. The van der Waals surface area contributed by atoms with E-state index in [1.54, 1.807) is 35.9 Å². The molecule has 1 atom stereocenters. The second kappa shape index (κ2) is 8.79. The molecule has 1 aliphatic heterocycles. The number of tetrazole rings is 1. The van der Waals surface area contributed by atoms with Crippen LogP contribution in [0.4, 0.5) is 4.79 Å². The Morgan fingerprint density at radius 1 is 1.12 bits per heavy atom. The summed E-state index contributed by atoms with van der Waals surface area (Å²) in [6.45, 7) is 3.74. The molecule has 1 saturated heterocycles. The third kappa shape index (κ3) is 3.82. The quantitative estimate of drug-likeness (QED) is 0.416. The number of rotatable bonds is 7. The lowest BCUT2D eigenvalue weighted by molar-refractivity contribution is -0.138. The minimum Gasteiger partial charge on any atom is -0.318 e. The van der Waals surface area contributed by atoms with E-state index in [4.69, 9.17) is 0 Å². The van der Waals surface area contributed by atoms with Gasteiger partial charge in [0.2, 0.25) is 11.1 Å². The van der Waals surface area contributed by atoms with Gasteiger partial charge in [-0.25, -0.2) is 4.79 Å². The molecule has 0 aliphatic carbocycles. The minimum atomic E-state index is -1.21. The first-order chi connectivity index (χ1) is 15.5. The maximum absolute atomic E-state index is 13.1. The molecule has 1 aliphatic rings. The second-order valence-corrected chi connectivity index (χ2v) is 8.12. The van der Waals surface area contributed by atoms with Gasteiger partial charge < -0.3 is 5.32 Å². The van der Waals surface area contributed by atoms with Crippen molar-refractivity contribution in [2.45, 2.75) is 31.0 Å².